The van der Waals surface area contributed by atoms with E-state index in [1.807, 2.05) is 48.0 Å². The van der Waals surface area contributed by atoms with E-state index in [1.165, 1.54) is 4.90 Å². The molecule has 0 radical (unpaired) electrons. The van der Waals surface area contributed by atoms with Crippen LogP contribution in [0.1, 0.15) is 24.0 Å². The molecular formula is C26H24BrN3O4S. The highest BCUT2D eigenvalue weighted by molar-refractivity contribution is 9.10. The number of rotatable bonds is 6. The van der Waals surface area contributed by atoms with Gasteiger partial charge in [-0.1, -0.05) is 33.6 Å². The maximum atomic E-state index is 13.1. The number of carbonyl (C=O) groups excluding carboxylic acids is 3. The summed E-state index contributed by atoms with van der Waals surface area (Å²) in [5.41, 5.74) is 3.23. The number of anilines is 1. The molecule has 2 saturated heterocycles. The first-order chi connectivity index (χ1) is 16.9. The molecule has 3 amide bonds. The summed E-state index contributed by atoms with van der Waals surface area (Å²) in [5.74, 6) is -0.458. The summed E-state index contributed by atoms with van der Waals surface area (Å²) in [6.45, 7) is 3.34. The summed E-state index contributed by atoms with van der Waals surface area (Å²) in [5, 5.41) is 3.51. The number of benzene rings is 2. The Morgan fingerprint density at radius 1 is 1.23 bits per heavy atom. The van der Waals surface area contributed by atoms with Crippen molar-refractivity contribution < 1.29 is 19.1 Å². The third-order valence-corrected chi connectivity index (χ3v) is 7.47. The van der Waals surface area contributed by atoms with Crippen LogP contribution in [0.15, 0.2) is 58.0 Å². The fourth-order valence-electron chi connectivity index (χ4n) is 4.31. The summed E-state index contributed by atoms with van der Waals surface area (Å²) in [6.07, 6.45) is 5.65. The van der Waals surface area contributed by atoms with Crippen molar-refractivity contribution in [3.63, 3.8) is 0 Å². The Labute approximate surface area is 215 Å². The van der Waals surface area contributed by atoms with Crippen molar-refractivity contribution in [2.45, 2.75) is 32.4 Å². The number of nitrogens with one attached hydrogen (secondary N) is 1. The van der Waals surface area contributed by atoms with Gasteiger partial charge in [0.25, 0.3) is 11.1 Å². The van der Waals surface area contributed by atoms with Gasteiger partial charge in [-0.3, -0.25) is 14.4 Å². The highest BCUT2D eigenvalue weighted by Crippen LogP contribution is 2.37. The lowest BCUT2D eigenvalue weighted by Crippen LogP contribution is -2.34. The van der Waals surface area contributed by atoms with Crippen LogP contribution in [0.5, 0.6) is 0 Å². The van der Waals surface area contributed by atoms with Crippen molar-refractivity contribution in [2.75, 3.05) is 18.1 Å². The number of imide groups is 1. The van der Waals surface area contributed by atoms with Gasteiger partial charge in [0.05, 0.1) is 16.7 Å². The quantitative estimate of drug-likeness (QED) is 0.422. The van der Waals surface area contributed by atoms with E-state index in [2.05, 4.69) is 21.2 Å². The van der Waals surface area contributed by atoms with E-state index >= 15 is 0 Å². The van der Waals surface area contributed by atoms with Gasteiger partial charge in [-0.25, -0.2) is 4.90 Å². The second kappa shape index (κ2) is 10.0. The molecule has 0 spiro atoms. The number of fused-ring (bicyclic) bond motifs is 1. The second-order valence-electron chi connectivity index (χ2n) is 8.67. The molecule has 2 aliphatic rings. The number of thioether (sulfide) groups is 1. The van der Waals surface area contributed by atoms with Gasteiger partial charge in [-0.2, -0.15) is 0 Å². The molecular weight excluding hydrogens is 530 g/mol. The number of nitrogens with zero attached hydrogens (tertiary/aromatic N) is 2. The number of hydrogen-bond acceptors (Lipinski definition) is 5. The topological polar surface area (TPSA) is 80.6 Å². The molecule has 2 aromatic carbocycles. The highest BCUT2D eigenvalue weighted by atomic mass is 79.9. The second-order valence-corrected chi connectivity index (χ2v) is 10.6. The Bertz CT molecular complexity index is 1340. The molecule has 0 aliphatic carbocycles. The molecule has 0 bridgehead atoms. The van der Waals surface area contributed by atoms with Gasteiger partial charge in [0.2, 0.25) is 5.91 Å². The van der Waals surface area contributed by atoms with Gasteiger partial charge in [-0.05, 0) is 67.9 Å². The first-order valence-corrected chi connectivity index (χ1v) is 13.0. The van der Waals surface area contributed by atoms with Crippen LogP contribution in [0, 0.1) is 6.92 Å². The first-order valence-electron chi connectivity index (χ1n) is 11.4. The average Bonchev–Trinajstić information content (AvgIpc) is 3.53. The molecule has 1 aromatic heterocycles. The Morgan fingerprint density at radius 3 is 2.77 bits per heavy atom. The fraction of sp³-hybridized carbons (Fsp3) is 0.269. The molecule has 0 unspecified atom stereocenters. The van der Waals surface area contributed by atoms with Crippen LogP contribution in [-0.2, 0) is 20.9 Å². The van der Waals surface area contributed by atoms with E-state index in [-0.39, 0.29) is 29.7 Å². The molecule has 180 valence electrons. The largest absolute Gasteiger partial charge is 0.376 e. The van der Waals surface area contributed by atoms with Crippen LogP contribution in [0.3, 0.4) is 0 Å². The minimum atomic E-state index is -0.353. The third kappa shape index (κ3) is 5.07. The fourth-order valence-corrected chi connectivity index (χ4v) is 5.51. The molecule has 5 rings (SSSR count). The first kappa shape index (κ1) is 23.8. The Hall–Kier alpha value is -2.88. The minimum absolute atomic E-state index is 0.0797. The highest BCUT2D eigenvalue weighted by Gasteiger charge is 2.36. The standard InChI is InChI=1S/C26H24BrN3O4S/c1-16-4-7-19(8-5-16)30-25(32)23(35-26(30)33)11-17-14-29(22-9-6-18(27)12-21(17)22)15-24(31)28-13-20-3-2-10-34-20/h4-9,11-12,14,20H,2-3,10,13,15H2,1H3,(H,28,31)/b23-11-/t20-/m0/s1. The summed E-state index contributed by atoms with van der Waals surface area (Å²) in [6, 6.07) is 13.1. The van der Waals surface area contributed by atoms with E-state index in [9.17, 15) is 14.4 Å². The maximum absolute atomic E-state index is 13.1. The van der Waals surface area contributed by atoms with Crippen LogP contribution in [-0.4, -0.2) is 40.9 Å². The number of amides is 3. The Balaban J connectivity index is 1.41. The monoisotopic (exact) mass is 553 g/mol. The van der Waals surface area contributed by atoms with Crippen molar-refractivity contribution in [3.05, 3.63) is 69.2 Å². The van der Waals surface area contributed by atoms with Crippen molar-refractivity contribution in [1.82, 2.24) is 9.88 Å². The van der Waals surface area contributed by atoms with Gasteiger partial charge < -0.3 is 14.6 Å². The number of aromatic nitrogens is 1. The molecule has 9 heteroatoms. The molecule has 35 heavy (non-hydrogen) atoms. The van der Waals surface area contributed by atoms with Gasteiger partial charge >= 0.3 is 0 Å². The number of ether oxygens (including phenoxy) is 1. The van der Waals surface area contributed by atoms with Crippen LogP contribution >= 0.6 is 27.7 Å². The van der Waals surface area contributed by atoms with E-state index in [0.717, 1.165) is 57.7 Å². The summed E-state index contributed by atoms with van der Waals surface area (Å²) in [4.78, 5) is 40.0. The van der Waals surface area contributed by atoms with E-state index in [0.29, 0.717) is 17.1 Å². The number of aryl methyl sites for hydroxylation is 1. The van der Waals surface area contributed by atoms with Crippen molar-refractivity contribution in [2.24, 2.45) is 0 Å². The summed E-state index contributed by atoms with van der Waals surface area (Å²) in [7, 11) is 0. The maximum Gasteiger partial charge on any atom is 0.298 e. The smallest absolute Gasteiger partial charge is 0.298 e. The van der Waals surface area contributed by atoms with E-state index < -0.39 is 0 Å². The van der Waals surface area contributed by atoms with Crippen molar-refractivity contribution in [3.8, 4) is 0 Å². The Kier molecular flexibility index (Phi) is 6.82. The molecule has 3 heterocycles. The van der Waals surface area contributed by atoms with Crippen LogP contribution in [0.4, 0.5) is 10.5 Å². The lowest BCUT2D eigenvalue weighted by molar-refractivity contribution is -0.122. The van der Waals surface area contributed by atoms with Crippen LogP contribution in [0.25, 0.3) is 17.0 Å². The molecule has 0 saturated carbocycles. The molecule has 7 nitrogen and oxygen atoms in total. The minimum Gasteiger partial charge on any atom is -0.376 e. The number of halogens is 1. The predicted molar refractivity (Wildman–Crippen MR) is 141 cm³/mol. The van der Waals surface area contributed by atoms with Crippen molar-refractivity contribution in [1.29, 1.82) is 0 Å². The SMILES string of the molecule is Cc1ccc(N2C(=O)S/C(=C\c3cn(CC(=O)NC[C@@H]4CCCO4)c4ccc(Br)cc34)C2=O)cc1. The number of hydrogen-bond donors (Lipinski definition) is 1. The van der Waals surface area contributed by atoms with Gasteiger partial charge in [0.15, 0.2) is 0 Å². The van der Waals surface area contributed by atoms with E-state index in [4.69, 9.17) is 4.74 Å². The van der Waals surface area contributed by atoms with Gasteiger partial charge in [0, 0.05) is 40.3 Å². The van der Waals surface area contributed by atoms with Crippen LogP contribution in [0.2, 0.25) is 0 Å². The summed E-state index contributed by atoms with van der Waals surface area (Å²) >= 11 is 4.43. The van der Waals surface area contributed by atoms with E-state index in [1.54, 1.807) is 18.2 Å². The molecule has 3 aromatic rings. The molecule has 1 atom stereocenters. The lowest BCUT2D eigenvalue weighted by atomic mass is 10.1. The Morgan fingerprint density at radius 2 is 2.03 bits per heavy atom. The normalized spacial score (nSPS) is 19.3. The zero-order valence-corrected chi connectivity index (χ0v) is 21.5. The predicted octanol–water partition coefficient (Wildman–Crippen LogP) is 5.25. The third-order valence-electron chi connectivity index (χ3n) is 6.11. The van der Waals surface area contributed by atoms with Crippen molar-refractivity contribution >= 4 is 67.4 Å². The summed E-state index contributed by atoms with van der Waals surface area (Å²) < 4.78 is 8.33. The van der Waals surface area contributed by atoms with Gasteiger partial charge in [0.1, 0.15) is 6.54 Å². The van der Waals surface area contributed by atoms with Crippen LogP contribution < -0.4 is 10.2 Å². The molecule has 2 aliphatic heterocycles. The zero-order valence-electron chi connectivity index (χ0n) is 19.1. The lowest BCUT2D eigenvalue weighted by Gasteiger charge is -2.12. The molecule has 2 fully saturated rings. The number of carbonyl (C=O) groups is 3. The zero-order chi connectivity index (χ0) is 24.5. The average molecular weight is 554 g/mol. The molecule has 1 N–H and O–H groups in total. The van der Waals surface area contributed by atoms with Gasteiger partial charge in [-0.15, -0.1) is 0 Å².